The summed E-state index contributed by atoms with van der Waals surface area (Å²) in [6.45, 7) is 0. The molecule has 0 amide bonds. The molecule has 0 aliphatic rings. The SMILES string of the molecule is c1ccc(-c2nc3cc4c(cc3o2)oc2cccc(N(c3cccc5c3sc3ccccc35)c3cccc5c6ccccc6n(-c6ccccc6)c35)c24)cc1. The highest BCUT2D eigenvalue weighted by Gasteiger charge is 2.26. The molecule has 4 heterocycles. The lowest BCUT2D eigenvalue weighted by atomic mass is 10.1. The molecule has 0 aliphatic carbocycles. The first-order valence-corrected chi connectivity index (χ1v) is 19.2. The lowest BCUT2D eigenvalue weighted by Gasteiger charge is -2.28. The van der Waals surface area contributed by atoms with Crippen molar-refractivity contribution in [1.82, 2.24) is 9.55 Å². The predicted octanol–water partition coefficient (Wildman–Crippen LogP) is 14.3. The third-order valence-corrected chi connectivity index (χ3v) is 12.0. The smallest absolute Gasteiger partial charge is 0.227 e. The van der Waals surface area contributed by atoms with Crippen molar-refractivity contribution >= 4 is 103 Å². The van der Waals surface area contributed by atoms with Gasteiger partial charge in [0.2, 0.25) is 5.89 Å². The van der Waals surface area contributed by atoms with Crippen LogP contribution in [0.3, 0.4) is 0 Å². The molecule has 0 spiro atoms. The van der Waals surface area contributed by atoms with E-state index in [2.05, 4.69) is 149 Å². The zero-order chi connectivity index (χ0) is 36.0. The lowest BCUT2D eigenvalue weighted by molar-refractivity contribution is 0.617. The van der Waals surface area contributed by atoms with Gasteiger partial charge in [-0.2, -0.15) is 0 Å². The first kappa shape index (κ1) is 30.3. The second kappa shape index (κ2) is 11.7. The maximum Gasteiger partial charge on any atom is 0.227 e. The maximum atomic E-state index is 6.69. The van der Waals surface area contributed by atoms with E-state index in [1.807, 2.05) is 47.7 Å². The monoisotopic (exact) mass is 723 g/mol. The van der Waals surface area contributed by atoms with Crippen molar-refractivity contribution in [3.8, 4) is 17.1 Å². The van der Waals surface area contributed by atoms with Gasteiger partial charge in [0, 0.05) is 48.9 Å². The Hall–Kier alpha value is -7.15. The molecule has 0 atom stereocenters. The number of hydrogen-bond donors (Lipinski definition) is 0. The Morgan fingerprint density at radius 2 is 1.18 bits per heavy atom. The fourth-order valence-corrected chi connectivity index (χ4v) is 9.65. The Bertz CT molecular complexity index is 3450. The second-order valence-corrected chi connectivity index (χ2v) is 15.0. The van der Waals surface area contributed by atoms with Crippen LogP contribution in [0.1, 0.15) is 0 Å². The van der Waals surface area contributed by atoms with Gasteiger partial charge in [-0.3, -0.25) is 0 Å². The minimum Gasteiger partial charge on any atom is -0.456 e. The van der Waals surface area contributed by atoms with Crippen LogP contribution in [0.2, 0.25) is 0 Å². The predicted molar refractivity (Wildman–Crippen MR) is 229 cm³/mol. The van der Waals surface area contributed by atoms with Gasteiger partial charge in [-0.15, -0.1) is 11.3 Å². The van der Waals surface area contributed by atoms with Gasteiger partial charge in [-0.1, -0.05) is 103 Å². The van der Waals surface area contributed by atoms with E-state index >= 15 is 0 Å². The van der Waals surface area contributed by atoms with Crippen LogP contribution in [0, 0.1) is 0 Å². The standard InChI is InChI=1S/C49H29N3O2S/c1-3-14-30(15-4-1)49-50-37-28-36-43(29-44(37)54-49)53-42-26-13-23-39(46(36)42)52(41-25-12-21-35-33-19-8-10-27-45(33)55-48(35)41)40-24-11-20-34-32-18-7-9-22-38(32)51(47(34)40)31-16-5-2-6-17-31/h1-29H. The van der Waals surface area contributed by atoms with Crippen molar-refractivity contribution < 1.29 is 8.83 Å². The molecule has 0 unspecified atom stereocenters. The summed E-state index contributed by atoms with van der Waals surface area (Å²) in [6, 6.07) is 62.0. The fraction of sp³-hybridized carbons (Fsp3) is 0. The van der Waals surface area contributed by atoms with Crippen LogP contribution in [-0.4, -0.2) is 9.55 Å². The molecule has 0 radical (unpaired) electrons. The third-order valence-electron chi connectivity index (χ3n) is 10.8. The van der Waals surface area contributed by atoms with Crippen molar-refractivity contribution in [3.63, 3.8) is 0 Å². The van der Waals surface area contributed by atoms with Gasteiger partial charge in [0.05, 0.1) is 38.2 Å². The number of aromatic nitrogens is 2. The molecule has 258 valence electrons. The summed E-state index contributed by atoms with van der Waals surface area (Å²) >= 11 is 1.84. The van der Waals surface area contributed by atoms with Crippen LogP contribution in [0.5, 0.6) is 0 Å². The van der Waals surface area contributed by atoms with Crippen LogP contribution in [-0.2, 0) is 0 Å². The Kier molecular flexibility index (Phi) is 6.44. The number of thiophene rings is 1. The molecule has 0 saturated heterocycles. The summed E-state index contributed by atoms with van der Waals surface area (Å²) in [6.07, 6.45) is 0. The number of nitrogens with zero attached hydrogens (tertiary/aromatic N) is 3. The summed E-state index contributed by atoms with van der Waals surface area (Å²) in [5, 5.41) is 6.89. The van der Waals surface area contributed by atoms with E-state index in [4.69, 9.17) is 13.8 Å². The molecule has 5 nitrogen and oxygen atoms in total. The second-order valence-electron chi connectivity index (χ2n) is 13.9. The van der Waals surface area contributed by atoms with Crippen LogP contribution < -0.4 is 4.90 Å². The summed E-state index contributed by atoms with van der Waals surface area (Å²) in [5.41, 5.74) is 10.5. The van der Waals surface area contributed by atoms with E-state index < -0.39 is 0 Å². The zero-order valence-electron chi connectivity index (χ0n) is 29.3. The van der Waals surface area contributed by atoms with Gasteiger partial charge in [-0.05, 0) is 66.7 Å². The van der Waals surface area contributed by atoms with Crippen molar-refractivity contribution in [2.24, 2.45) is 0 Å². The number of para-hydroxylation sites is 3. The topological polar surface area (TPSA) is 47.3 Å². The Labute approximate surface area is 318 Å². The molecule has 0 fully saturated rings. The first-order valence-electron chi connectivity index (χ1n) is 18.4. The van der Waals surface area contributed by atoms with E-state index in [-0.39, 0.29) is 0 Å². The Balaban J connectivity index is 1.21. The van der Waals surface area contributed by atoms with E-state index in [0.717, 1.165) is 66.8 Å². The number of hydrogen-bond acceptors (Lipinski definition) is 5. The van der Waals surface area contributed by atoms with E-state index in [9.17, 15) is 0 Å². The summed E-state index contributed by atoms with van der Waals surface area (Å²) in [4.78, 5) is 7.42. The minimum absolute atomic E-state index is 0.589. The van der Waals surface area contributed by atoms with Gasteiger partial charge in [0.1, 0.15) is 16.7 Å². The molecule has 0 bridgehead atoms. The number of oxazole rings is 1. The number of fused-ring (bicyclic) bond motifs is 10. The van der Waals surface area contributed by atoms with Crippen LogP contribution in [0.25, 0.3) is 92.2 Å². The zero-order valence-corrected chi connectivity index (χ0v) is 30.1. The Morgan fingerprint density at radius 3 is 2.05 bits per heavy atom. The largest absolute Gasteiger partial charge is 0.456 e. The van der Waals surface area contributed by atoms with Gasteiger partial charge in [0.15, 0.2) is 5.58 Å². The van der Waals surface area contributed by atoms with Crippen LogP contribution >= 0.6 is 11.3 Å². The van der Waals surface area contributed by atoms with Crippen molar-refractivity contribution in [1.29, 1.82) is 0 Å². The minimum atomic E-state index is 0.589. The molecular weight excluding hydrogens is 695 g/mol. The lowest BCUT2D eigenvalue weighted by Crippen LogP contribution is -2.12. The van der Waals surface area contributed by atoms with Crippen LogP contribution in [0.4, 0.5) is 17.1 Å². The molecule has 12 rings (SSSR count). The molecule has 0 saturated carbocycles. The number of anilines is 3. The molecule has 0 aliphatic heterocycles. The maximum absolute atomic E-state index is 6.69. The highest BCUT2D eigenvalue weighted by molar-refractivity contribution is 7.26. The third kappa shape index (κ3) is 4.49. The van der Waals surface area contributed by atoms with Gasteiger partial charge < -0.3 is 18.3 Å². The highest BCUT2D eigenvalue weighted by Crippen LogP contribution is 2.50. The van der Waals surface area contributed by atoms with Crippen molar-refractivity contribution in [2.45, 2.75) is 0 Å². The molecular formula is C49H29N3O2S. The molecule has 8 aromatic carbocycles. The quantitative estimate of drug-likeness (QED) is 0.177. The van der Waals surface area contributed by atoms with Gasteiger partial charge >= 0.3 is 0 Å². The number of furan rings is 1. The number of benzene rings is 8. The molecule has 6 heteroatoms. The fourth-order valence-electron chi connectivity index (χ4n) is 8.44. The van der Waals surface area contributed by atoms with E-state index in [1.165, 1.54) is 30.9 Å². The van der Waals surface area contributed by atoms with E-state index in [0.29, 0.717) is 11.5 Å². The summed E-state index contributed by atoms with van der Waals surface area (Å²) < 4.78 is 17.9. The van der Waals surface area contributed by atoms with E-state index in [1.54, 1.807) is 0 Å². The summed E-state index contributed by atoms with van der Waals surface area (Å²) in [5.74, 6) is 0.589. The first-order chi connectivity index (χ1) is 27.3. The average molecular weight is 724 g/mol. The molecule has 0 N–H and O–H groups in total. The van der Waals surface area contributed by atoms with Crippen molar-refractivity contribution in [2.75, 3.05) is 4.90 Å². The number of rotatable bonds is 5. The molecule has 12 aromatic rings. The Morgan fingerprint density at radius 1 is 0.491 bits per heavy atom. The average Bonchev–Trinajstić information content (AvgIpc) is 4.01. The van der Waals surface area contributed by atoms with Gasteiger partial charge in [0.25, 0.3) is 0 Å². The highest BCUT2D eigenvalue weighted by atomic mass is 32.1. The summed E-state index contributed by atoms with van der Waals surface area (Å²) in [7, 11) is 0. The molecule has 55 heavy (non-hydrogen) atoms. The van der Waals surface area contributed by atoms with Gasteiger partial charge in [-0.25, -0.2) is 4.98 Å². The molecule has 4 aromatic heterocycles. The normalized spacial score (nSPS) is 12.0. The van der Waals surface area contributed by atoms with Crippen molar-refractivity contribution in [3.05, 3.63) is 176 Å². The van der Waals surface area contributed by atoms with Crippen LogP contribution in [0.15, 0.2) is 185 Å².